The summed E-state index contributed by atoms with van der Waals surface area (Å²) in [5.41, 5.74) is 6.86. The molecule has 0 bridgehead atoms. The Morgan fingerprint density at radius 2 is 1.68 bits per heavy atom. The van der Waals surface area contributed by atoms with Crippen molar-refractivity contribution in [1.82, 2.24) is 0 Å². The number of nitrogens with zero attached hydrogens (tertiary/aromatic N) is 1. The van der Waals surface area contributed by atoms with Gasteiger partial charge in [-0.3, -0.25) is 0 Å². The molecule has 3 aromatic heterocycles. The first-order valence-electron chi connectivity index (χ1n) is 9.51. The molecule has 0 N–H and O–H groups in total. The van der Waals surface area contributed by atoms with Gasteiger partial charge in [0.2, 0.25) is 5.69 Å². The molecule has 28 heavy (non-hydrogen) atoms. The van der Waals surface area contributed by atoms with Gasteiger partial charge in [-0.1, -0.05) is 6.07 Å². The van der Waals surface area contributed by atoms with E-state index in [-0.39, 0.29) is 0 Å². The van der Waals surface area contributed by atoms with E-state index in [9.17, 15) is 0 Å². The number of benzene rings is 2. The Balaban J connectivity index is 1.86. The maximum atomic E-state index is 6.52. The van der Waals surface area contributed by atoms with E-state index in [4.69, 9.17) is 13.6 Å². The molecule has 1 aliphatic rings. The molecule has 0 spiro atoms. The first-order chi connectivity index (χ1) is 13.4. The molecule has 2 aromatic carbocycles. The molecule has 138 valence electrons. The van der Waals surface area contributed by atoms with Crippen LogP contribution in [0.3, 0.4) is 0 Å². The van der Waals surface area contributed by atoms with Gasteiger partial charge in [0.05, 0.1) is 10.9 Å². The van der Waals surface area contributed by atoms with Crippen LogP contribution < -0.4 is 9.30 Å². The molecule has 0 saturated heterocycles. The Morgan fingerprint density at radius 1 is 0.857 bits per heavy atom. The van der Waals surface area contributed by atoms with E-state index in [1.54, 1.807) is 0 Å². The normalized spacial score (nSPS) is 12.8. The lowest BCUT2D eigenvalue weighted by Crippen LogP contribution is -2.32. The van der Waals surface area contributed by atoms with Crippen LogP contribution >= 0.6 is 0 Å². The zero-order valence-corrected chi connectivity index (χ0v) is 16.6. The van der Waals surface area contributed by atoms with Crippen LogP contribution in [0.25, 0.3) is 44.2 Å². The van der Waals surface area contributed by atoms with Crippen LogP contribution in [0.5, 0.6) is 11.5 Å². The molecule has 4 nitrogen and oxygen atoms in total. The first kappa shape index (κ1) is 15.8. The first-order valence-corrected chi connectivity index (χ1v) is 9.51. The SMILES string of the molecule is Cc1cc2c(o1)oc1c3cc[n+](C)c4c3c(cc21)Oc1c(C)cc(C)c(C)c1-4. The van der Waals surface area contributed by atoms with Gasteiger partial charge >= 0.3 is 0 Å². The smallest absolute Gasteiger partial charge is 0.298 e. The maximum Gasteiger partial charge on any atom is 0.298 e. The molecule has 0 atom stereocenters. The van der Waals surface area contributed by atoms with Crippen LogP contribution in [-0.4, -0.2) is 0 Å². The average Bonchev–Trinajstić information content (AvgIpc) is 3.18. The molecule has 6 rings (SSSR count). The maximum absolute atomic E-state index is 6.52. The van der Waals surface area contributed by atoms with Gasteiger partial charge in [-0.25, -0.2) is 4.57 Å². The highest BCUT2D eigenvalue weighted by Crippen LogP contribution is 2.51. The number of aryl methyl sites for hydroxylation is 4. The average molecular weight is 370 g/mol. The highest BCUT2D eigenvalue weighted by atomic mass is 16.5. The molecule has 0 fully saturated rings. The molecular weight excluding hydrogens is 350 g/mol. The van der Waals surface area contributed by atoms with Crippen molar-refractivity contribution < 1.29 is 18.1 Å². The number of hydrogen-bond donors (Lipinski definition) is 0. The van der Waals surface area contributed by atoms with Gasteiger partial charge in [-0.05, 0) is 56.5 Å². The van der Waals surface area contributed by atoms with Crippen LogP contribution in [0.1, 0.15) is 22.5 Å². The summed E-state index contributed by atoms with van der Waals surface area (Å²) in [7, 11) is 2.09. The van der Waals surface area contributed by atoms with E-state index in [1.807, 2.05) is 13.0 Å². The number of fused-ring (bicyclic) bond motifs is 6. The van der Waals surface area contributed by atoms with Crippen LogP contribution in [0.4, 0.5) is 0 Å². The van der Waals surface area contributed by atoms with Gasteiger partial charge in [-0.15, -0.1) is 0 Å². The summed E-state index contributed by atoms with van der Waals surface area (Å²) in [5.74, 6) is 3.23. The van der Waals surface area contributed by atoms with E-state index in [0.29, 0.717) is 5.78 Å². The van der Waals surface area contributed by atoms with Gasteiger partial charge in [-0.2, -0.15) is 0 Å². The van der Waals surface area contributed by atoms with E-state index in [0.717, 1.165) is 50.0 Å². The number of aromatic nitrogens is 1. The van der Waals surface area contributed by atoms with Crippen molar-refractivity contribution in [1.29, 1.82) is 0 Å². The second-order valence-corrected chi connectivity index (χ2v) is 7.92. The lowest BCUT2D eigenvalue weighted by molar-refractivity contribution is -0.659. The molecule has 5 aromatic rings. The number of furan rings is 2. The van der Waals surface area contributed by atoms with Crippen molar-refractivity contribution in [2.24, 2.45) is 7.05 Å². The zero-order chi connectivity index (χ0) is 19.3. The van der Waals surface area contributed by atoms with E-state index in [1.165, 1.54) is 22.4 Å². The summed E-state index contributed by atoms with van der Waals surface area (Å²) in [4.78, 5) is 0. The minimum absolute atomic E-state index is 0.570. The monoisotopic (exact) mass is 370 g/mol. The summed E-state index contributed by atoms with van der Waals surface area (Å²) in [6, 6.07) is 8.43. The predicted molar refractivity (Wildman–Crippen MR) is 109 cm³/mol. The molecule has 0 unspecified atom stereocenters. The number of ether oxygens (including phenoxy) is 1. The Bertz CT molecular complexity index is 1480. The Hall–Kier alpha value is -3.27. The fourth-order valence-electron chi connectivity index (χ4n) is 4.63. The van der Waals surface area contributed by atoms with E-state index >= 15 is 0 Å². The van der Waals surface area contributed by atoms with Gasteiger partial charge in [0.1, 0.15) is 35.3 Å². The summed E-state index contributed by atoms with van der Waals surface area (Å²) in [6.07, 6.45) is 2.10. The quantitative estimate of drug-likeness (QED) is 0.300. The summed E-state index contributed by atoms with van der Waals surface area (Å²) in [6.45, 7) is 8.38. The molecule has 1 aliphatic heterocycles. The third kappa shape index (κ3) is 1.78. The fourth-order valence-corrected chi connectivity index (χ4v) is 4.63. The summed E-state index contributed by atoms with van der Waals surface area (Å²) >= 11 is 0. The molecule has 0 saturated carbocycles. The molecule has 0 aliphatic carbocycles. The second kappa shape index (κ2) is 4.96. The van der Waals surface area contributed by atoms with Crippen LogP contribution in [0, 0.1) is 27.7 Å². The Morgan fingerprint density at radius 3 is 2.50 bits per heavy atom. The van der Waals surface area contributed by atoms with E-state index < -0.39 is 0 Å². The van der Waals surface area contributed by atoms with Gasteiger partial charge in [0, 0.05) is 16.8 Å². The van der Waals surface area contributed by atoms with Crippen LogP contribution in [-0.2, 0) is 7.05 Å². The van der Waals surface area contributed by atoms with Crippen LogP contribution in [0.15, 0.2) is 39.3 Å². The summed E-state index contributed by atoms with van der Waals surface area (Å²) in [5, 5.41) is 4.16. The third-order valence-electron chi connectivity index (χ3n) is 6.07. The van der Waals surface area contributed by atoms with Crippen molar-refractivity contribution in [2.45, 2.75) is 27.7 Å². The van der Waals surface area contributed by atoms with Crippen LogP contribution in [0.2, 0.25) is 0 Å². The highest BCUT2D eigenvalue weighted by Gasteiger charge is 2.33. The number of pyridine rings is 1. The second-order valence-electron chi connectivity index (χ2n) is 7.92. The molecule has 4 heteroatoms. The lowest BCUT2D eigenvalue weighted by atomic mass is 9.91. The summed E-state index contributed by atoms with van der Waals surface area (Å²) < 4.78 is 20.6. The standard InChI is InChI=1S/C24H20NO3/c1-11-8-12(2)22-19(14(11)4)21-20-15(6-7-25(21)5)23-16(10-18(20)27-22)17-9-13(3)26-24(17)28-23/h6-10H,1-5H3/q+1. The molecular formula is C24H20NO3+. The van der Waals surface area contributed by atoms with Crippen molar-refractivity contribution in [3.8, 4) is 22.8 Å². The Kier molecular flexibility index (Phi) is 2.79. The Labute approximate surface area is 161 Å². The van der Waals surface area contributed by atoms with Crippen molar-refractivity contribution >= 4 is 32.9 Å². The predicted octanol–water partition coefficient (Wildman–Crippen LogP) is 6.16. The topological polar surface area (TPSA) is 39.4 Å². The van der Waals surface area contributed by atoms with Gasteiger partial charge in [0.25, 0.3) is 5.78 Å². The minimum Gasteiger partial charge on any atom is -0.455 e. The van der Waals surface area contributed by atoms with E-state index in [2.05, 4.69) is 56.8 Å². The van der Waals surface area contributed by atoms with Crippen molar-refractivity contribution in [3.05, 3.63) is 52.9 Å². The van der Waals surface area contributed by atoms with Crippen molar-refractivity contribution in [3.63, 3.8) is 0 Å². The third-order valence-corrected chi connectivity index (χ3v) is 6.07. The zero-order valence-electron chi connectivity index (χ0n) is 16.6. The van der Waals surface area contributed by atoms with Gasteiger partial charge in [0.15, 0.2) is 6.20 Å². The number of rotatable bonds is 0. The fraction of sp³-hybridized carbons (Fsp3) is 0.208. The largest absolute Gasteiger partial charge is 0.455 e. The highest BCUT2D eigenvalue weighted by molar-refractivity contribution is 6.19. The number of hydrogen-bond acceptors (Lipinski definition) is 3. The van der Waals surface area contributed by atoms with Crippen molar-refractivity contribution in [2.75, 3.05) is 0 Å². The lowest BCUT2D eigenvalue weighted by Gasteiger charge is -2.23. The molecule has 4 heterocycles. The molecule has 0 radical (unpaired) electrons. The van der Waals surface area contributed by atoms with Gasteiger partial charge < -0.3 is 13.6 Å². The minimum atomic E-state index is 0.570. The molecule has 0 amide bonds.